The highest BCUT2D eigenvalue weighted by Gasteiger charge is 2.21. The number of rotatable bonds is 3. The van der Waals surface area contributed by atoms with Gasteiger partial charge in [0, 0.05) is 5.54 Å². The van der Waals surface area contributed by atoms with Gasteiger partial charge in [-0.25, -0.2) is 0 Å². The molecular weight excluding hydrogens is 206 g/mol. The molecule has 0 saturated carbocycles. The van der Waals surface area contributed by atoms with E-state index in [0.717, 1.165) is 6.42 Å². The van der Waals surface area contributed by atoms with Crippen LogP contribution in [0.5, 0.6) is 0 Å². The molecule has 17 heavy (non-hydrogen) atoms. The molecule has 0 bridgehead atoms. The zero-order chi connectivity index (χ0) is 12.3. The Labute approximate surface area is 103 Å². The van der Waals surface area contributed by atoms with Crippen LogP contribution in [0, 0.1) is 6.92 Å². The van der Waals surface area contributed by atoms with Gasteiger partial charge in [-0.1, -0.05) is 54.6 Å². The van der Waals surface area contributed by atoms with Crippen LogP contribution in [0.15, 0.2) is 54.6 Å². The maximum absolute atomic E-state index is 6.44. The molecule has 1 heteroatoms. The first-order valence-corrected chi connectivity index (χ1v) is 5.98. The summed E-state index contributed by atoms with van der Waals surface area (Å²) in [6, 6.07) is 18.7. The quantitative estimate of drug-likeness (QED) is 0.851. The summed E-state index contributed by atoms with van der Waals surface area (Å²) in [5.41, 5.74) is 9.94. The lowest BCUT2D eigenvalue weighted by Crippen LogP contribution is -2.35. The molecule has 88 valence electrons. The maximum atomic E-state index is 6.44. The Morgan fingerprint density at radius 3 is 2.18 bits per heavy atom. The normalized spacial score (nSPS) is 14.3. The van der Waals surface area contributed by atoms with E-state index in [0.29, 0.717) is 0 Å². The predicted molar refractivity (Wildman–Crippen MR) is 72.9 cm³/mol. The number of benzene rings is 2. The highest BCUT2D eigenvalue weighted by atomic mass is 14.7. The Bertz CT molecular complexity index is 486. The average Bonchev–Trinajstić information content (AvgIpc) is 2.33. The van der Waals surface area contributed by atoms with Crippen LogP contribution < -0.4 is 5.73 Å². The van der Waals surface area contributed by atoms with E-state index in [4.69, 9.17) is 5.73 Å². The second-order valence-corrected chi connectivity index (χ2v) is 4.89. The molecule has 1 unspecified atom stereocenters. The molecule has 2 N–H and O–H groups in total. The van der Waals surface area contributed by atoms with Gasteiger partial charge in [0.25, 0.3) is 0 Å². The van der Waals surface area contributed by atoms with Gasteiger partial charge in [-0.05, 0) is 37.0 Å². The molecule has 0 spiro atoms. The van der Waals surface area contributed by atoms with Gasteiger partial charge in [-0.2, -0.15) is 0 Å². The van der Waals surface area contributed by atoms with Gasteiger partial charge in [0.05, 0.1) is 0 Å². The van der Waals surface area contributed by atoms with Crippen molar-refractivity contribution < 1.29 is 0 Å². The van der Waals surface area contributed by atoms with Crippen LogP contribution in [-0.2, 0) is 12.0 Å². The van der Waals surface area contributed by atoms with Gasteiger partial charge >= 0.3 is 0 Å². The zero-order valence-corrected chi connectivity index (χ0v) is 10.5. The summed E-state index contributed by atoms with van der Waals surface area (Å²) in [6.45, 7) is 4.23. The Hall–Kier alpha value is -1.60. The van der Waals surface area contributed by atoms with Crippen molar-refractivity contribution in [1.29, 1.82) is 0 Å². The summed E-state index contributed by atoms with van der Waals surface area (Å²) >= 11 is 0. The van der Waals surface area contributed by atoms with Crippen molar-refractivity contribution in [3.05, 3.63) is 71.3 Å². The molecule has 0 aliphatic heterocycles. The third-order valence-corrected chi connectivity index (χ3v) is 3.25. The van der Waals surface area contributed by atoms with Crippen LogP contribution in [0.3, 0.4) is 0 Å². The lowest BCUT2D eigenvalue weighted by molar-refractivity contribution is 0.490. The van der Waals surface area contributed by atoms with Crippen molar-refractivity contribution in [2.24, 2.45) is 5.73 Å². The van der Waals surface area contributed by atoms with Crippen molar-refractivity contribution in [2.75, 3.05) is 0 Å². The van der Waals surface area contributed by atoms with E-state index < -0.39 is 0 Å². The van der Waals surface area contributed by atoms with Crippen molar-refractivity contribution >= 4 is 0 Å². The fourth-order valence-electron chi connectivity index (χ4n) is 2.13. The summed E-state index contributed by atoms with van der Waals surface area (Å²) in [6.07, 6.45) is 0.865. The minimum absolute atomic E-state index is 0.312. The Morgan fingerprint density at radius 1 is 0.941 bits per heavy atom. The van der Waals surface area contributed by atoms with Crippen molar-refractivity contribution in [3.8, 4) is 0 Å². The average molecular weight is 225 g/mol. The second-order valence-electron chi connectivity index (χ2n) is 4.89. The molecule has 0 radical (unpaired) electrons. The molecule has 0 amide bonds. The molecule has 0 aromatic heterocycles. The molecule has 0 aliphatic carbocycles. The number of hydrogen-bond donors (Lipinski definition) is 1. The van der Waals surface area contributed by atoms with E-state index in [1.165, 1.54) is 16.7 Å². The van der Waals surface area contributed by atoms with E-state index in [1.807, 2.05) is 18.2 Å². The van der Waals surface area contributed by atoms with Gasteiger partial charge in [-0.3, -0.25) is 0 Å². The molecule has 1 atom stereocenters. The van der Waals surface area contributed by atoms with Gasteiger partial charge in [0.1, 0.15) is 0 Å². The van der Waals surface area contributed by atoms with Crippen molar-refractivity contribution in [3.63, 3.8) is 0 Å². The first-order valence-electron chi connectivity index (χ1n) is 5.98. The number of hydrogen-bond acceptors (Lipinski definition) is 1. The summed E-state index contributed by atoms with van der Waals surface area (Å²) in [5, 5.41) is 0. The monoisotopic (exact) mass is 225 g/mol. The second kappa shape index (κ2) is 4.72. The fraction of sp³-hybridized carbons (Fsp3) is 0.250. The minimum Gasteiger partial charge on any atom is -0.321 e. The highest BCUT2D eigenvalue weighted by Crippen LogP contribution is 2.23. The first-order chi connectivity index (χ1) is 8.09. The van der Waals surface area contributed by atoms with E-state index in [-0.39, 0.29) is 5.54 Å². The SMILES string of the molecule is Cc1ccccc1CC(C)(N)c1ccccc1. The summed E-state index contributed by atoms with van der Waals surface area (Å²) in [7, 11) is 0. The van der Waals surface area contributed by atoms with Crippen LogP contribution in [0.2, 0.25) is 0 Å². The van der Waals surface area contributed by atoms with E-state index >= 15 is 0 Å². The third-order valence-electron chi connectivity index (χ3n) is 3.25. The minimum atomic E-state index is -0.312. The number of nitrogens with two attached hydrogens (primary N) is 1. The lowest BCUT2D eigenvalue weighted by Gasteiger charge is -2.26. The van der Waals surface area contributed by atoms with Crippen LogP contribution in [0.1, 0.15) is 23.6 Å². The van der Waals surface area contributed by atoms with E-state index in [2.05, 4.69) is 50.2 Å². The zero-order valence-electron chi connectivity index (χ0n) is 10.5. The Balaban J connectivity index is 2.27. The molecule has 0 saturated heterocycles. The van der Waals surface area contributed by atoms with Crippen LogP contribution in [0.4, 0.5) is 0 Å². The predicted octanol–water partition coefficient (Wildman–Crippen LogP) is 3.41. The van der Waals surface area contributed by atoms with Crippen LogP contribution >= 0.6 is 0 Å². The molecule has 0 aliphatic rings. The Morgan fingerprint density at radius 2 is 1.53 bits per heavy atom. The topological polar surface area (TPSA) is 26.0 Å². The molecule has 2 aromatic carbocycles. The van der Waals surface area contributed by atoms with E-state index in [1.54, 1.807) is 0 Å². The highest BCUT2D eigenvalue weighted by molar-refractivity contribution is 5.31. The standard InChI is InChI=1S/C16H19N/c1-13-8-6-7-9-14(13)12-16(2,17)15-10-4-3-5-11-15/h3-11H,12,17H2,1-2H3. The van der Waals surface area contributed by atoms with Gasteiger partial charge in [0.15, 0.2) is 0 Å². The molecule has 1 nitrogen and oxygen atoms in total. The van der Waals surface area contributed by atoms with Crippen molar-refractivity contribution in [2.45, 2.75) is 25.8 Å². The fourth-order valence-corrected chi connectivity index (χ4v) is 2.13. The van der Waals surface area contributed by atoms with Crippen LogP contribution in [0.25, 0.3) is 0 Å². The lowest BCUT2D eigenvalue weighted by atomic mass is 9.85. The molecule has 2 aromatic rings. The first kappa shape index (κ1) is 11.9. The molecule has 0 fully saturated rings. The van der Waals surface area contributed by atoms with Crippen molar-refractivity contribution in [1.82, 2.24) is 0 Å². The van der Waals surface area contributed by atoms with Gasteiger partial charge in [0.2, 0.25) is 0 Å². The maximum Gasteiger partial charge on any atom is 0.0421 e. The molecular formula is C16H19N. The Kier molecular flexibility index (Phi) is 3.30. The summed E-state index contributed by atoms with van der Waals surface area (Å²) < 4.78 is 0. The molecule has 0 heterocycles. The van der Waals surface area contributed by atoms with Gasteiger partial charge < -0.3 is 5.73 Å². The smallest absolute Gasteiger partial charge is 0.0421 e. The summed E-state index contributed by atoms with van der Waals surface area (Å²) in [5.74, 6) is 0. The molecule has 2 rings (SSSR count). The number of aryl methyl sites for hydroxylation is 1. The van der Waals surface area contributed by atoms with Gasteiger partial charge in [-0.15, -0.1) is 0 Å². The largest absolute Gasteiger partial charge is 0.321 e. The van der Waals surface area contributed by atoms with E-state index in [9.17, 15) is 0 Å². The third kappa shape index (κ3) is 2.75. The van der Waals surface area contributed by atoms with Crippen LogP contribution in [-0.4, -0.2) is 0 Å². The summed E-state index contributed by atoms with van der Waals surface area (Å²) in [4.78, 5) is 0.